The second-order valence-electron chi connectivity index (χ2n) is 4.43. The highest BCUT2D eigenvalue weighted by Crippen LogP contribution is 2.05. The van der Waals surface area contributed by atoms with Crippen molar-refractivity contribution >= 4 is 5.82 Å². The summed E-state index contributed by atoms with van der Waals surface area (Å²) in [5, 5.41) is 7.79. The van der Waals surface area contributed by atoms with Gasteiger partial charge in [0, 0.05) is 25.4 Å². The summed E-state index contributed by atoms with van der Waals surface area (Å²) in [7, 11) is 0. The van der Waals surface area contributed by atoms with Crippen LogP contribution in [0.2, 0.25) is 0 Å². The maximum atomic E-state index is 4.45. The minimum Gasteiger partial charge on any atom is -0.369 e. The average molecular weight is 209 g/mol. The number of aryl methyl sites for hydroxylation is 1. The molecule has 3 nitrogen and oxygen atoms in total. The van der Waals surface area contributed by atoms with Crippen molar-refractivity contribution in [1.29, 1.82) is 0 Å². The van der Waals surface area contributed by atoms with Crippen LogP contribution in [0.1, 0.15) is 40.0 Å². The molecule has 0 atom stereocenters. The van der Waals surface area contributed by atoms with Gasteiger partial charge in [-0.3, -0.25) is 4.68 Å². The molecule has 0 aliphatic rings. The lowest BCUT2D eigenvalue weighted by Gasteiger charge is -2.05. The molecule has 0 aliphatic carbocycles. The zero-order valence-corrected chi connectivity index (χ0v) is 10.2. The number of hydrogen-bond donors (Lipinski definition) is 1. The number of aromatic nitrogens is 2. The van der Waals surface area contributed by atoms with E-state index in [1.807, 2.05) is 10.9 Å². The predicted octanol–water partition coefficient (Wildman–Crippen LogP) is 3.14. The second kappa shape index (κ2) is 6.49. The van der Waals surface area contributed by atoms with E-state index in [1.165, 1.54) is 19.3 Å². The van der Waals surface area contributed by atoms with E-state index in [4.69, 9.17) is 0 Å². The van der Waals surface area contributed by atoms with E-state index >= 15 is 0 Å². The largest absolute Gasteiger partial charge is 0.369 e. The van der Waals surface area contributed by atoms with Crippen LogP contribution >= 0.6 is 0 Å². The fourth-order valence-corrected chi connectivity index (χ4v) is 1.39. The molecule has 1 heterocycles. The van der Waals surface area contributed by atoms with E-state index in [0.29, 0.717) is 0 Å². The van der Waals surface area contributed by atoms with Crippen molar-refractivity contribution in [3.8, 4) is 0 Å². The van der Waals surface area contributed by atoms with E-state index in [2.05, 4.69) is 37.3 Å². The smallest absolute Gasteiger partial charge is 0.147 e. The summed E-state index contributed by atoms with van der Waals surface area (Å²) in [6.07, 6.45) is 5.66. The van der Waals surface area contributed by atoms with E-state index < -0.39 is 0 Å². The van der Waals surface area contributed by atoms with Crippen molar-refractivity contribution in [1.82, 2.24) is 9.78 Å². The summed E-state index contributed by atoms with van der Waals surface area (Å²) >= 11 is 0. The van der Waals surface area contributed by atoms with Crippen molar-refractivity contribution in [2.45, 2.75) is 46.6 Å². The SMILES string of the molecule is CCCCn1ccc(NCCC(C)C)n1. The molecular formula is C12H23N3. The Morgan fingerprint density at radius 2 is 2.27 bits per heavy atom. The minimum atomic E-state index is 0.750. The number of nitrogens with zero attached hydrogens (tertiary/aromatic N) is 2. The van der Waals surface area contributed by atoms with Crippen LogP contribution in [0, 0.1) is 5.92 Å². The lowest BCUT2D eigenvalue weighted by atomic mass is 10.1. The summed E-state index contributed by atoms with van der Waals surface area (Å²) in [6.45, 7) is 8.72. The van der Waals surface area contributed by atoms with Gasteiger partial charge in [-0.2, -0.15) is 5.10 Å². The first-order valence-electron chi connectivity index (χ1n) is 5.99. The van der Waals surface area contributed by atoms with Gasteiger partial charge in [0.25, 0.3) is 0 Å². The van der Waals surface area contributed by atoms with E-state index in [1.54, 1.807) is 0 Å². The zero-order chi connectivity index (χ0) is 11.1. The number of nitrogens with one attached hydrogen (secondary N) is 1. The second-order valence-corrected chi connectivity index (χ2v) is 4.43. The van der Waals surface area contributed by atoms with Crippen molar-refractivity contribution in [2.24, 2.45) is 5.92 Å². The molecule has 0 saturated heterocycles. The molecule has 0 fully saturated rings. The Bertz CT molecular complexity index is 266. The highest BCUT2D eigenvalue weighted by atomic mass is 15.3. The molecule has 0 radical (unpaired) electrons. The van der Waals surface area contributed by atoms with E-state index in [0.717, 1.165) is 24.8 Å². The molecule has 1 N–H and O–H groups in total. The Morgan fingerprint density at radius 3 is 2.93 bits per heavy atom. The topological polar surface area (TPSA) is 29.9 Å². The summed E-state index contributed by atoms with van der Waals surface area (Å²) in [5.41, 5.74) is 0. The van der Waals surface area contributed by atoms with Crippen molar-refractivity contribution in [3.05, 3.63) is 12.3 Å². The third-order valence-corrected chi connectivity index (χ3v) is 2.41. The molecule has 0 aliphatic heterocycles. The third-order valence-electron chi connectivity index (χ3n) is 2.41. The molecule has 0 spiro atoms. The van der Waals surface area contributed by atoms with Gasteiger partial charge < -0.3 is 5.32 Å². The van der Waals surface area contributed by atoms with Crippen LogP contribution in [0.15, 0.2) is 12.3 Å². The molecule has 86 valence electrons. The molecule has 15 heavy (non-hydrogen) atoms. The van der Waals surface area contributed by atoms with E-state index in [-0.39, 0.29) is 0 Å². The summed E-state index contributed by atoms with van der Waals surface area (Å²) in [4.78, 5) is 0. The normalized spacial score (nSPS) is 10.9. The van der Waals surface area contributed by atoms with Crippen LogP contribution in [0.5, 0.6) is 0 Å². The van der Waals surface area contributed by atoms with Gasteiger partial charge in [-0.05, 0) is 18.8 Å². The fourth-order valence-electron chi connectivity index (χ4n) is 1.39. The van der Waals surface area contributed by atoms with Crippen molar-refractivity contribution < 1.29 is 0 Å². The molecule has 0 bridgehead atoms. The Hall–Kier alpha value is -0.990. The lowest BCUT2D eigenvalue weighted by molar-refractivity contribution is 0.571. The first-order chi connectivity index (χ1) is 7.22. The van der Waals surface area contributed by atoms with Gasteiger partial charge in [0.05, 0.1) is 0 Å². The quantitative estimate of drug-likeness (QED) is 0.747. The molecule has 3 heteroatoms. The highest BCUT2D eigenvalue weighted by molar-refractivity contribution is 5.31. The molecule has 0 amide bonds. The Labute approximate surface area is 92.9 Å². The van der Waals surface area contributed by atoms with Crippen molar-refractivity contribution in [3.63, 3.8) is 0 Å². The monoisotopic (exact) mass is 209 g/mol. The summed E-state index contributed by atoms with van der Waals surface area (Å²) in [5.74, 6) is 1.76. The number of anilines is 1. The standard InChI is InChI=1S/C12H23N3/c1-4-5-9-15-10-7-12(14-15)13-8-6-11(2)3/h7,10-11H,4-6,8-9H2,1-3H3,(H,13,14). The minimum absolute atomic E-state index is 0.750. The van der Waals surface area contributed by atoms with Gasteiger partial charge in [-0.25, -0.2) is 0 Å². The fraction of sp³-hybridized carbons (Fsp3) is 0.750. The van der Waals surface area contributed by atoms with Gasteiger partial charge in [0.1, 0.15) is 5.82 Å². The van der Waals surface area contributed by atoms with Crippen LogP contribution in [-0.4, -0.2) is 16.3 Å². The Kier molecular flexibility index (Phi) is 5.22. The first kappa shape index (κ1) is 12.1. The van der Waals surface area contributed by atoms with Crippen LogP contribution < -0.4 is 5.32 Å². The van der Waals surface area contributed by atoms with Crippen LogP contribution in [-0.2, 0) is 6.54 Å². The van der Waals surface area contributed by atoms with Gasteiger partial charge in [-0.15, -0.1) is 0 Å². The van der Waals surface area contributed by atoms with Gasteiger partial charge in [0.15, 0.2) is 0 Å². The molecular weight excluding hydrogens is 186 g/mol. The lowest BCUT2D eigenvalue weighted by Crippen LogP contribution is -2.06. The highest BCUT2D eigenvalue weighted by Gasteiger charge is 1.98. The Balaban J connectivity index is 2.26. The third kappa shape index (κ3) is 4.86. The average Bonchev–Trinajstić information content (AvgIpc) is 2.62. The molecule has 0 saturated carbocycles. The molecule has 1 aromatic rings. The molecule has 1 rings (SSSR count). The van der Waals surface area contributed by atoms with Crippen LogP contribution in [0.25, 0.3) is 0 Å². The summed E-state index contributed by atoms with van der Waals surface area (Å²) < 4.78 is 2.02. The summed E-state index contributed by atoms with van der Waals surface area (Å²) in [6, 6.07) is 2.05. The van der Waals surface area contributed by atoms with Gasteiger partial charge in [0.2, 0.25) is 0 Å². The van der Waals surface area contributed by atoms with Gasteiger partial charge in [-0.1, -0.05) is 27.2 Å². The first-order valence-corrected chi connectivity index (χ1v) is 5.99. The Morgan fingerprint density at radius 1 is 1.47 bits per heavy atom. The maximum Gasteiger partial charge on any atom is 0.147 e. The zero-order valence-electron chi connectivity index (χ0n) is 10.2. The van der Waals surface area contributed by atoms with E-state index in [9.17, 15) is 0 Å². The van der Waals surface area contributed by atoms with Gasteiger partial charge >= 0.3 is 0 Å². The molecule has 1 aromatic heterocycles. The number of unbranched alkanes of at least 4 members (excludes halogenated alkanes) is 1. The number of hydrogen-bond acceptors (Lipinski definition) is 2. The maximum absolute atomic E-state index is 4.45. The van der Waals surface area contributed by atoms with Crippen molar-refractivity contribution in [2.75, 3.05) is 11.9 Å². The predicted molar refractivity (Wildman–Crippen MR) is 65.1 cm³/mol. The van der Waals surface area contributed by atoms with Crippen LogP contribution in [0.4, 0.5) is 5.82 Å². The van der Waals surface area contributed by atoms with Crippen LogP contribution in [0.3, 0.4) is 0 Å². The number of rotatable bonds is 7. The molecule has 0 aromatic carbocycles. The molecule has 0 unspecified atom stereocenters.